The Bertz CT molecular complexity index is 1020. The normalized spacial score (nSPS) is 12.8. The number of para-hydroxylation sites is 1. The minimum atomic E-state index is -3.21. The molecule has 0 fully saturated rings. The van der Waals surface area contributed by atoms with Crippen molar-refractivity contribution in [3.05, 3.63) is 65.9 Å². The van der Waals surface area contributed by atoms with E-state index < -0.39 is 9.84 Å². The van der Waals surface area contributed by atoms with E-state index in [1.165, 1.54) is 6.26 Å². The van der Waals surface area contributed by atoms with Gasteiger partial charge in [-0.15, -0.1) is 0 Å². The Labute approximate surface area is 153 Å². The van der Waals surface area contributed by atoms with E-state index >= 15 is 0 Å². The van der Waals surface area contributed by atoms with Crippen LogP contribution in [0.3, 0.4) is 0 Å². The molecule has 0 saturated carbocycles. The fraction of sp³-hybridized carbons (Fsp3) is 0.250. The maximum atomic E-state index is 12.3. The number of aromatic nitrogens is 1. The first-order valence-electron chi connectivity index (χ1n) is 8.49. The SMILES string of the molecule is C[C@@H](NC(=O)CCc1c[nH]c2ccccc12)c1ccc(S(C)(=O)=O)cc1. The van der Waals surface area contributed by atoms with Crippen LogP contribution in [0.25, 0.3) is 10.9 Å². The third kappa shape index (κ3) is 4.14. The van der Waals surface area contributed by atoms with Crippen molar-refractivity contribution >= 4 is 26.6 Å². The van der Waals surface area contributed by atoms with Gasteiger partial charge >= 0.3 is 0 Å². The predicted molar refractivity (Wildman–Crippen MR) is 103 cm³/mol. The summed E-state index contributed by atoms with van der Waals surface area (Å²) in [4.78, 5) is 15.8. The van der Waals surface area contributed by atoms with E-state index in [2.05, 4.69) is 10.3 Å². The van der Waals surface area contributed by atoms with Crippen LogP contribution >= 0.6 is 0 Å². The summed E-state index contributed by atoms with van der Waals surface area (Å²) < 4.78 is 23.0. The van der Waals surface area contributed by atoms with Gasteiger partial charge in [0.05, 0.1) is 10.9 Å². The standard InChI is InChI=1S/C20H22N2O3S/c1-14(15-7-10-17(11-8-15)26(2,24)25)22-20(23)12-9-16-13-21-19-6-4-3-5-18(16)19/h3-8,10-11,13-14,21H,9,12H2,1-2H3,(H,22,23)/t14-/m1/s1. The van der Waals surface area contributed by atoms with Crippen LogP contribution in [0.15, 0.2) is 59.6 Å². The Morgan fingerprint density at radius 2 is 1.81 bits per heavy atom. The lowest BCUT2D eigenvalue weighted by molar-refractivity contribution is -0.121. The topological polar surface area (TPSA) is 79.0 Å². The average Bonchev–Trinajstić information content (AvgIpc) is 3.02. The number of carbonyl (C=O) groups is 1. The Balaban J connectivity index is 1.59. The van der Waals surface area contributed by atoms with Crippen molar-refractivity contribution < 1.29 is 13.2 Å². The third-order valence-corrected chi connectivity index (χ3v) is 5.61. The maximum Gasteiger partial charge on any atom is 0.220 e. The van der Waals surface area contributed by atoms with E-state index in [1.54, 1.807) is 24.3 Å². The first kappa shape index (κ1) is 18.2. The van der Waals surface area contributed by atoms with Crippen molar-refractivity contribution in [3.8, 4) is 0 Å². The Kier molecular flexibility index (Phi) is 5.13. The summed E-state index contributed by atoms with van der Waals surface area (Å²) in [6.07, 6.45) is 4.19. The van der Waals surface area contributed by atoms with Crippen LogP contribution < -0.4 is 5.32 Å². The number of amides is 1. The van der Waals surface area contributed by atoms with Gasteiger partial charge in [-0.25, -0.2) is 8.42 Å². The first-order valence-corrected chi connectivity index (χ1v) is 10.4. The smallest absolute Gasteiger partial charge is 0.220 e. The van der Waals surface area contributed by atoms with Crippen molar-refractivity contribution in [1.29, 1.82) is 0 Å². The van der Waals surface area contributed by atoms with Gasteiger partial charge in [0.25, 0.3) is 0 Å². The molecule has 1 heterocycles. The van der Waals surface area contributed by atoms with Crippen molar-refractivity contribution in [2.75, 3.05) is 6.26 Å². The molecule has 2 N–H and O–H groups in total. The summed E-state index contributed by atoms with van der Waals surface area (Å²) >= 11 is 0. The molecule has 1 aromatic heterocycles. The molecule has 0 bridgehead atoms. The zero-order valence-electron chi connectivity index (χ0n) is 14.8. The largest absolute Gasteiger partial charge is 0.361 e. The molecule has 5 nitrogen and oxygen atoms in total. The molecule has 0 aliphatic heterocycles. The molecule has 136 valence electrons. The van der Waals surface area contributed by atoms with Crippen molar-refractivity contribution in [1.82, 2.24) is 10.3 Å². The zero-order valence-corrected chi connectivity index (χ0v) is 15.6. The number of rotatable bonds is 6. The second-order valence-electron chi connectivity index (χ2n) is 6.49. The monoisotopic (exact) mass is 370 g/mol. The molecule has 26 heavy (non-hydrogen) atoms. The molecule has 3 rings (SSSR count). The minimum absolute atomic E-state index is 0.0324. The number of H-pyrrole nitrogens is 1. The number of carbonyl (C=O) groups excluding carboxylic acids is 1. The van der Waals surface area contributed by atoms with Gasteiger partial charge in [0.2, 0.25) is 5.91 Å². The summed E-state index contributed by atoms with van der Waals surface area (Å²) in [5, 5.41) is 4.11. The lowest BCUT2D eigenvalue weighted by Crippen LogP contribution is -2.26. The molecule has 0 aliphatic carbocycles. The van der Waals surface area contributed by atoms with Gasteiger partial charge in [0, 0.05) is 29.8 Å². The molecule has 1 amide bonds. The van der Waals surface area contributed by atoms with Crippen molar-refractivity contribution in [2.45, 2.75) is 30.7 Å². The number of hydrogen-bond donors (Lipinski definition) is 2. The number of sulfone groups is 1. The zero-order chi connectivity index (χ0) is 18.7. The van der Waals surface area contributed by atoms with Gasteiger partial charge in [-0.3, -0.25) is 4.79 Å². The molecular formula is C20H22N2O3S. The van der Waals surface area contributed by atoms with Crippen LogP contribution in [0.5, 0.6) is 0 Å². The Morgan fingerprint density at radius 1 is 1.12 bits per heavy atom. The molecule has 0 unspecified atom stereocenters. The highest BCUT2D eigenvalue weighted by atomic mass is 32.2. The maximum absolute atomic E-state index is 12.3. The third-order valence-electron chi connectivity index (χ3n) is 4.48. The van der Waals surface area contributed by atoms with Crippen LogP contribution in [0.1, 0.15) is 30.5 Å². The van der Waals surface area contributed by atoms with Gasteiger partial charge in [0.15, 0.2) is 9.84 Å². The number of nitrogens with one attached hydrogen (secondary N) is 2. The molecule has 0 spiro atoms. The fourth-order valence-electron chi connectivity index (χ4n) is 2.99. The quantitative estimate of drug-likeness (QED) is 0.698. The number of aryl methyl sites for hydroxylation is 1. The van der Waals surface area contributed by atoms with E-state index in [4.69, 9.17) is 0 Å². The van der Waals surface area contributed by atoms with Crippen LogP contribution in [0.4, 0.5) is 0 Å². The van der Waals surface area contributed by atoms with Crippen LogP contribution in [0, 0.1) is 0 Å². The molecule has 2 aromatic carbocycles. The summed E-state index contributed by atoms with van der Waals surface area (Å²) in [5.74, 6) is -0.0324. The van der Waals surface area contributed by atoms with E-state index in [0.717, 1.165) is 22.0 Å². The number of aromatic amines is 1. The Morgan fingerprint density at radius 3 is 2.50 bits per heavy atom. The second-order valence-corrected chi connectivity index (χ2v) is 8.51. The summed E-state index contributed by atoms with van der Waals surface area (Å²) in [6, 6.07) is 14.5. The Hall–Kier alpha value is -2.60. The summed E-state index contributed by atoms with van der Waals surface area (Å²) in [7, 11) is -3.21. The van der Waals surface area contributed by atoms with Gasteiger partial charge in [-0.05, 0) is 42.7 Å². The molecule has 3 aromatic rings. The number of hydrogen-bond acceptors (Lipinski definition) is 3. The first-order chi connectivity index (χ1) is 12.3. The summed E-state index contributed by atoms with van der Waals surface area (Å²) in [6.45, 7) is 1.89. The predicted octanol–water partition coefficient (Wildman–Crippen LogP) is 3.38. The van der Waals surface area contributed by atoms with Gasteiger partial charge < -0.3 is 10.3 Å². The van der Waals surface area contributed by atoms with Crippen LogP contribution in [-0.4, -0.2) is 25.6 Å². The van der Waals surface area contributed by atoms with E-state index in [1.807, 2.05) is 37.4 Å². The number of benzene rings is 2. The highest BCUT2D eigenvalue weighted by Crippen LogP contribution is 2.20. The van der Waals surface area contributed by atoms with Crippen LogP contribution in [-0.2, 0) is 21.1 Å². The fourth-order valence-corrected chi connectivity index (χ4v) is 3.62. The van der Waals surface area contributed by atoms with Crippen molar-refractivity contribution in [3.63, 3.8) is 0 Å². The molecule has 1 atom stereocenters. The molecule has 6 heteroatoms. The average molecular weight is 370 g/mol. The van der Waals surface area contributed by atoms with Gasteiger partial charge in [-0.1, -0.05) is 30.3 Å². The molecular weight excluding hydrogens is 348 g/mol. The van der Waals surface area contributed by atoms with Gasteiger partial charge in [-0.2, -0.15) is 0 Å². The lowest BCUT2D eigenvalue weighted by atomic mass is 10.1. The molecule has 0 radical (unpaired) electrons. The second kappa shape index (κ2) is 7.33. The van der Waals surface area contributed by atoms with Gasteiger partial charge in [0.1, 0.15) is 0 Å². The van der Waals surface area contributed by atoms with E-state index in [0.29, 0.717) is 12.8 Å². The highest BCUT2D eigenvalue weighted by Gasteiger charge is 2.12. The minimum Gasteiger partial charge on any atom is -0.361 e. The van der Waals surface area contributed by atoms with E-state index in [9.17, 15) is 13.2 Å². The highest BCUT2D eigenvalue weighted by molar-refractivity contribution is 7.90. The summed E-state index contributed by atoms with van der Waals surface area (Å²) in [5.41, 5.74) is 3.07. The van der Waals surface area contributed by atoms with E-state index in [-0.39, 0.29) is 16.8 Å². The lowest BCUT2D eigenvalue weighted by Gasteiger charge is -2.14. The molecule has 0 saturated heterocycles. The van der Waals surface area contributed by atoms with Crippen molar-refractivity contribution in [2.24, 2.45) is 0 Å². The number of fused-ring (bicyclic) bond motifs is 1. The molecule has 0 aliphatic rings. The van der Waals surface area contributed by atoms with Crippen LogP contribution in [0.2, 0.25) is 0 Å².